The van der Waals surface area contributed by atoms with Crippen LogP contribution in [0.5, 0.6) is 0 Å². The fourth-order valence-corrected chi connectivity index (χ4v) is 2.55. The van der Waals surface area contributed by atoms with Crippen LogP contribution in [0.4, 0.5) is 5.82 Å². The fourth-order valence-electron chi connectivity index (χ4n) is 2.55. The molecule has 1 N–H and O–H groups in total. The summed E-state index contributed by atoms with van der Waals surface area (Å²) in [6.07, 6.45) is 2.01. The molecule has 1 aromatic heterocycles. The SMILES string of the molecule is COCCNc1cccc(C[C@H]2CCN(C(C)=O)C2)n1. The van der Waals surface area contributed by atoms with E-state index in [1.165, 1.54) is 0 Å². The molecule has 1 saturated heterocycles. The minimum absolute atomic E-state index is 0.176. The summed E-state index contributed by atoms with van der Waals surface area (Å²) >= 11 is 0. The van der Waals surface area contributed by atoms with Gasteiger partial charge in [0.2, 0.25) is 5.91 Å². The van der Waals surface area contributed by atoms with Crippen LogP contribution in [0, 0.1) is 5.92 Å². The van der Waals surface area contributed by atoms with Crippen molar-refractivity contribution in [2.45, 2.75) is 19.8 Å². The molecule has 1 atom stereocenters. The number of methoxy groups -OCH3 is 1. The van der Waals surface area contributed by atoms with Gasteiger partial charge in [0.25, 0.3) is 0 Å². The summed E-state index contributed by atoms with van der Waals surface area (Å²) in [5.41, 5.74) is 1.09. The van der Waals surface area contributed by atoms with E-state index in [1.54, 1.807) is 14.0 Å². The van der Waals surface area contributed by atoms with Crippen LogP contribution in [0.3, 0.4) is 0 Å². The predicted molar refractivity (Wildman–Crippen MR) is 78.7 cm³/mol. The molecule has 0 aromatic carbocycles. The van der Waals surface area contributed by atoms with Crippen LogP contribution in [0.1, 0.15) is 19.0 Å². The Bertz CT molecular complexity index is 450. The standard InChI is InChI=1S/C15H23N3O2/c1-12(19)18-8-6-13(11-18)10-14-4-3-5-15(17-14)16-7-9-20-2/h3-5,13H,6-11H2,1-2H3,(H,16,17)/t13-/m1/s1. The third-order valence-electron chi connectivity index (χ3n) is 3.65. The molecule has 0 saturated carbocycles. The Balaban J connectivity index is 1.87. The summed E-state index contributed by atoms with van der Waals surface area (Å²) in [4.78, 5) is 17.9. The topological polar surface area (TPSA) is 54.5 Å². The summed E-state index contributed by atoms with van der Waals surface area (Å²) in [6.45, 7) is 4.81. The van der Waals surface area contributed by atoms with Crippen LogP contribution >= 0.6 is 0 Å². The molecular weight excluding hydrogens is 254 g/mol. The lowest BCUT2D eigenvalue weighted by Gasteiger charge is -2.14. The number of rotatable bonds is 6. The van der Waals surface area contributed by atoms with Crippen LogP contribution in [-0.2, 0) is 16.0 Å². The van der Waals surface area contributed by atoms with Crippen molar-refractivity contribution in [3.8, 4) is 0 Å². The van der Waals surface area contributed by atoms with E-state index < -0.39 is 0 Å². The quantitative estimate of drug-likeness (QED) is 0.802. The summed E-state index contributed by atoms with van der Waals surface area (Å²) in [5, 5.41) is 3.24. The van der Waals surface area contributed by atoms with E-state index in [0.717, 1.165) is 44.0 Å². The Kier molecular flexibility index (Phi) is 5.35. The zero-order chi connectivity index (χ0) is 14.4. The number of carbonyl (C=O) groups is 1. The van der Waals surface area contributed by atoms with Gasteiger partial charge < -0.3 is 15.0 Å². The normalized spacial score (nSPS) is 18.3. The van der Waals surface area contributed by atoms with Crippen molar-refractivity contribution >= 4 is 11.7 Å². The molecule has 1 aliphatic rings. The van der Waals surface area contributed by atoms with Crippen molar-refractivity contribution in [1.82, 2.24) is 9.88 Å². The van der Waals surface area contributed by atoms with E-state index in [4.69, 9.17) is 4.74 Å². The molecule has 1 aromatic rings. The monoisotopic (exact) mass is 277 g/mol. The first kappa shape index (κ1) is 14.8. The molecule has 2 rings (SSSR count). The highest BCUT2D eigenvalue weighted by Gasteiger charge is 2.24. The van der Waals surface area contributed by atoms with Gasteiger partial charge in [-0.25, -0.2) is 4.98 Å². The van der Waals surface area contributed by atoms with E-state index in [9.17, 15) is 4.79 Å². The first-order valence-electron chi connectivity index (χ1n) is 7.13. The average Bonchev–Trinajstić information content (AvgIpc) is 2.88. The van der Waals surface area contributed by atoms with E-state index in [-0.39, 0.29) is 5.91 Å². The second kappa shape index (κ2) is 7.24. The lowest BCUT2D eigenvalue weighted by molar-refractivity contribution is -0.127. The van der Waals surface area contributed by atoms with Crippen LogP contribution in [-0.4, -0.2) is 49.1 Å². The molecule has 1 amide bonds. The zero-order valence-corrected chi connectivity index (χ0v) is 12.3. The van der Waals surface area contributed by atoms with Crippen LogP contribution in [0.15, 0.2) is 18.2 Å². The van der Waals surface area contributed by atoms with Crippen molar-refractivity contribution in [3.63, 3.8) is 0 Å². The molecule has 1 fully saturated rings. The lowest BCUT2D eigenvalue weighted by Crippen LogP contribution is -2.26. The van der Waals surface area contributed by atoms with Gasteiger partial charge in [-0.3, -0.25) is 4.79 Å². The number of aromatic nitrogens is 1. The van der Waals surface area contributed by atoms with Gasteiger partial charge in [-0.2, -0.15) is 0 Å². The Hall–Kier alpha value is -1.62. The Morgan fingerprint density at radius 3 is 3.10 bits per heavy atom. The maximum absolute atomic E-state index is 11.3. The van der Waals surface area contributed by atoms with Crippen molar-refractivity contribution < 1.29 is 9.53 Å². The summed E-state index contributed by atoms with van der Waals surface area (Å²) in [7, 11) is 1.69. The second-order valence-corrected chi connectivity index (χ2v) is 5.26. The third kappa shape index (κ3) is 4.20. The molecule has 5 heteroatoms. The molecule has 5 nitrogen and oxygen atoms in total. The Morgan fingerprint density at radius 1 is 1.55 bits per heavy atom. The number of ether oxygens (including phenoxy) is 1. The first-order valence-corrected chi connectivity index (χ1v) is 7.13. The van der Waals surface area contributed by atoms with Gasteiger partial charge in [0.1, 0.15) is 5.82 Å². The number of likely N-dealkylation sites (tertiary alicyclic amines) is 1. The molecule has 0 bridgehead atoms. The van der Waals surface area contributed by atoms with Gasteiger partial charge in [-0.1, -0.05) is 6.07 Å². The maximum atomic E-state index is 11.3. The number of amides is 1. The van der Waals surface area contributed by atoms with Gasteiger partial charge in [-0.15, -0.1) is 0 Å². The fraction of sp³-hybridized carbons (Fsp3) is 0.600. The number of nitrogens with zero attached hydrogens (tertiary/aromatic N) is 2. The summed E-state index contributed by atoms with van der Waals surface area (Å²) in [5.74, 6) is 1.59. The number of hydrogen-bond acceptors (Lipinski definition) is 4. The summed E-state index contributed by atoms with van der Waals surface area (Å²) in [6, 6.07) is 6.04. The number of carbonyl (C=O) groups excluding carboxylic acids is 1. The van der Waals surface area contributed by atoms with Crippen molar-refractivity contribution in [3.05, 3.63) is 23.9 Å². The molecule has 0 unspecified atom stereocenters. The van der Waals surface area contributed by atoms with Crippen LogP contribution in [0.25, 0.3) is 0 Å². The number of hydrogen-bond donors (Lipinski definition) is 1. The molecule has 0 radical (unpaired) electrons. The Morgan fingerprint density at radius 2 is 2.40 bits per heavy atom. The molecule has 110 valence electrons. The van der Waals surface area contributed by atoms with Crippen molar-refractivity contribution in [2.24, 2.45) is 5.92 Å². The van der Waals surface area contributed by atoms with Crippen molar-refractivity contribution in [2.75, 3.05) is 38.7 Å². The highest BCUT2D eigenvalue weighted by molar-refractivity contribution is 5.73. The predicted octanol–water partition coefficient (Wildman–Crippen LogP) is 1.55. The number of anilines is 1. The molecular formula is C15H23N3O2. The highest BCUT2D eigenvalue weighted by Crippen LogP contribution is 2.20. The van der Waals surface area contributed by atoms with Crippen LogP contribution in [0.2, 0.25) is 0 Å². The van der Waals surface area contributed by atoms with Gasteiger partial charge in [-0.05, 0) is 30.9 Å². The molecule has 20 heavy (non-hydrogen) atoms. The molecule has 2 heterocycles. The smallest absolute Gasteiger partial charge is 0.219 e. The van der Waals surface area contributed by atoms with Gasteiger partial charge in [0.15, 0.2) is 0 Å². The lowest BCUT2D eigenvalue weighted by atomic mass is 10.0. The van der Waals surface area contributed by atoms with E-state index in [0.29, 0.717) is 12.5 Å². The van der Waals surface area contributed by atoms with Gasteiger partial charge >= 0.3 is 0 Å². The Labute approximate surface area is 120 Å². The third-order valence-corrected chi connectivity index (χ3v) is 3.65. The van der Waals surface area contributed by atoms with E-state index in [1.807, 2.05) is 17.0 Å². The number of nitrogens with one attached hydrogen (secondary N) is 1. The zero-order valence-electron chi connectivity index (χ0n) is 12.3. The maximum Gasteiger partial charge on any atom is 0.219 e. The van der Waals surface area contributed by atoms with Crippen LogP contribution < -0.4 is 5.32 Å². The number of pyridine rings is 1. The van der Waals surface area contributed by atoms with Gasteiger partial charge in [0, 0.05) is 39.4 Å². The minimum atomic E-state index is 0.176. The highest BCUT2D eigenvalue weighted by atomic mass is 16.5. The molecule has 0 spiro atoms. The largest absolute Gasteiger partial charge is 0.383 e. The minimum Gasteiger partial charge on any atom is -0.383 e. The first-order chi connectivity index (χ1) is 9.69. The van der Waals surface area contributed by atoms with E-state index in [2.05, 4.69) is 16.4 Å². The molecule has 0 aliphatic carbocycles. The van der Waals surface area contributed by atoms with E-state index >= 15 is 0 Å². The van der Waals surface area contributed by atoms with Crippen molar-refractivity contribution in [1.29, 1.82) is 0 Å². The van der Waals surface area contributed by atoms with Gasteiger partial charge in [0.05, 0.1) is 6.61 Å². The molecule has 1 aliphatic heterocycles. The summed E-state index contributed by atoms with van der Waals surface area (Å²) < 4.78 is 5.01. The average molecular weight is 277 g/mol. The second-order valence-electron chi connectivity index (χ2n) is 5.26.